The van der Waals surface area contributed by atoms with Crippen molar-refractivity contribution in [3.63, 3.8) is 0 Å². The molecule has 0 spiro atoms. The highest BCUT2D eigenvalue weighted by Crippen LogP contribution is 1.98. The van der Waals surface area contributed by atoms with E-state index >= 15 is 0 Å². The zero-order valence-electron chi connectivity index (χ0n) is 8.66. The van der Waals surface area contributed by atoms with Gasteiger partial charge in [0.05, 0.1) is 0 Å². The Bertz CT molecular complexity index is 276. The van der Waals surface area contributed by atoms with Crippen molar-refractivity contribution in [2.45, 2.75) is 6.92 Å². The zero-order chi connectivity index (χ0) is 11.8. The van der Waals surface area contributed by atoms with Gasteiger partial charge in [0.15, 0.2) is 0 Å². The minimum atomic E-state index is -0.696. The van der Waals surface area contributed by atoms with Crippen LogP contribution in [0, 0.1) is 0 Å². The molecule has 15 heavy (non-hydrogen) atoms. The highest BCUT2D eigenvalue weighted by atomic mass is 16.7. The van der Waals surface area contributed by atoms with Crippen LogP contribution < -0.4 is 11.1 Å². The second-order valence-electron chi connectivity index (χ2n) is 2.69. The molecule has 6 nitrogen and oxygen atoms in total. The SMILES string of the molecule is C=CN(OC(=O)C(=C)C)C(=O)NCCN. The number of amides is 2. The second-order valence-corrected chi connectivity index (χ2v) is 2.69. The summed E-state index contributed by atoms with van der Waals surface area (Å²) in [5, 5.41) is 3.10. The predicted octanol–water partition coefficient (Wildman–Crippen LogP) is 0.134. The molecule has 0 atom stereocenters. The average molecular weight is 213 g/mol. The predicted molar refractivity (Wildman–Crippen MR) is 55.4 cm³/mol. The van der Waals surface area contributed by atoms with E-state index in [0.29, 0.717) is 11.6 Å². The number of carbonyl (C=O) groups is 2. The summed E-state index contributed by atoms with van der Waals surface area (Å²) in [4.78, 5) is 27.0. The summed E-state index contributed by atoms with van der Waals surface area (Å²) in [7, 11) is 0. The Morgan fingerprint density at radius 3 is 2.60 bits per heavy atom. The largest absolute Gasteiger partial charge is 0.358 e. The van der Waals surface area contributed by atoms with E-state index in [2.05, 4.69) is 23.3 Å². The van der Waals surface area contributed by atoms with Crippen LogP contribution in [0.4, 0.5) is 4.79 Å². The van der Waals surface area contributed by atoms with Crippen LogP contribution in [0.1, 0.15) is 6.92 Å². The van der Waals surface area contributed by atoms with E-state index in [1.54, 1.807) is 0 Å². The summed E-state index contributed by atoms with van der Waals surface area (Å²) in [5.41, 5.74) is 5.38. The van der Waals surface area contributed by atoms with Gasteiger partial charge in [-0.15, -0.1) is 5.06 Å². The van der Waals surface area contributed by atoms with E-state index in [0.717, 1.165) is 6.20 Å². The van der Waals surface area contributed by atoms with Crippen molar-refractivity contribution < 1.29 is 14.4 Å². The first-order valence-corrected chi connectivity index (χ1v) is 4.30. The number of nitrogens with two attached hydrogens (primary N) is 1. The Hall–Kier alpha value is -1.82. The summed E-state index contributed by atoms with van der Waals surface area (Å²) >= 11 is 0. The van der Waals surface area contributed by atoms with Gasteiger partial charge in [-0.3, -0.25) is 0 Å². The number of rotatable bonds is 4. The fraction of sp³-hybridized carbons (Fsp3) is 0.333. The number of carbonyl (C=O) groups excluding carboxylic acids is 2. The van der Waals surface area contributed by atoms with Gasteiger partial charge in [0.2, 0.25) is 0 Å². The van der Waals surface area contributed by atoms with Gasteiger partial charge < -0.3 is 15.9 Å². The van der Waals surface area contributed by atoms with Crippen LogP contribution in [0.25, 0.3) is 0 Å². The summed E-state index contributed by atoms with van der Waals surface area (Å²) in [6.45, 7) is 8.76. The van der Waals surface area contributed by atoms with Gasteiger partial charge in [0, 0.05) is 24.9 Å². The molecule has 0 radical (unpaired) electrons. The van der Waals surface area contributed by atoms with Gasteiger partial charge in [0.1, 0.15) is 0 Å². The molecule has 0 aliphatic carbocycles. The van der Waals surface area contributed by atoms with Gasteiger partial charge in [-0.2, -0.15) is 0 Å². The normalized spacial score (nSPS) is 8.93. The molecule has 84 valence electrons. The fourth-order valence-electron chi connectivity index (χ4n) is 0.586. The van der Waals surface area contributed by atoms with Crippen molar-refractivity contribution >= 4 is 12.0 Å². The maximum Gasteiger partial charge on any atom is 0.358 e. The van der Waals surface area contributed by atoms with Crippen LogP contribution >= 0.6 is 0 Å². The second kappa shape index (κ2) is 6.61. The molecule has 0 bridgehead atoms. The monoisotopic (exact) mass is 213 g/mol. The minimum absolute atomic E-state index is 0.188. The molecule has 0 heterocycles. The van der Waals surface area contributed by atoms with Crippen LogP contribution in [0.2, 0.25) is 0 Å². The molecule has 0 unspecified atom stereocenters. The van der Waals surface area contributed by atoms with Crippen molar-refractivity contribution in [3.8, 4) is 0 Å². The highest BCUT2D eigenvalue weighted by molar-refractivity contribution is 5.88. The summed E-state index contributed by atoms with van der Waals surface area (Å²) in [6.07, 6.45) is 1.08. The molecular formula is C9H15N3O3. The zero-order valence-corrected chi connectivity index (χ0v) is 8.66. The first kappa shape index (κ1) is 13.2. The molecule has 0 aromatic rings. The Labute approximate surface area is 88.3 Å². The lowest BCUT2D eigenvalue weighted by atomic mass is 10.4. The van der Waals surface area contributed by atoms with Gasteiger partial charge in [0.25, 0.3) is 0 Å². The molecule has 0 fully saturated rings. The van der Waals surface area contributed by atoms with Crippen LogP contribution in [-0.2, 0) is 9.63 Å². The first-order chi connectivity index (χ1) is 7.02. The maximum absolute atomic E-state index is 11.3. The van der Waals surface area contributed by atoms with E-state index in [1.165, 1.54) is 6.92 Å². The van der Waals surface area contributed by atoms with Gasteiger partial charge in [-0.25, -0.2) is 9.59 Å². The molecule has 6 heteroatoms. The standard InChI is InChI=1S/C9H15N3O3/c1-4-12(9(14)11-6-5-10)15-8(13)7(2)3/h4H,1-2,5-6,10H2,3H3,(H,11,14). The lowest BCUT2D eigenvalue weighted by Gasteiger charge is -2.16. The van der Waals surface area contributed by atoms with E-state index in [1.807, 2.05) is 0 Å². The van der Waals surface area contributed by atoms with Crippen LogP contribution in [0.15, 0.2) is 24.9 Å². The third-order valence-corrected chi connectivity index (χ3v) is 1.32. The summed E-state index contributed by atoms with van der Waals surface area (Å²) in [5.74, 6) is -0.696. The lowest BCUT2D eigenvalue weighted by molar-refractivity contribution is -0.163. The lowest BCUT2D eigenvalue weighted by Crippen LogP contribution is -2.40. The van der Waals surface area contributed by atoms with Crippen molar-refractivity contribution in [3.05, 3.63) is 24.9 Å². The third kappa shape index (κ3) is 4.82. The van der Waals surface area contributed by atoms with Gasteiger partial charge >= 0.3 is 12.0 Å². The Balaban J connectivity index is 4.24. The van der Waals surface area contributed by atoms with Crippen LogP contribution in [0.5, 0.6) is 0 Å². The molecule has 0 rings (SSSR count). The highest BCUT2D eigenvalue weighted by Gasteiger charge is 2.15. The number of nitrogens with zero attached hydrogens (tertiary/aromatic N) is 1. The Kier molecular flexibility index (Phi) is 5.81. The van der Waals surface area contributed by atoms with Crippen LogP contribution in [-0.4, -0.2) is 30.2 Å². The van der Waals surface area contributed by atoms with Crippen LogP contribution in [0.3, 0.4) is 0 Å². The molecule has 0 aromatic heterocycles. The first-order valence-electron chi connectivity index (χ1n) is 4.30. The number of hydroxylamine groups is 2. The number of hydrogen-bond acceptors (Lipinski definition) is 4. The van der Waals surface area contributed by atoms with Gasteiger partial charge in [-0.1, -0.05) is 13.2 Å². The molecule has 2 amide bonds. The summed E-state index contributed by atoms with van der Waals surface area (Å²) < 4.78 is 0. The topological polar surface area (TPSA) is 84.7 Å². The van der Waals surface area contributed by atoms with Gasteiger partial charge in [-0.05, 0) is 6.92 Å². The molecular weight excluding hydrogens is 198 g/mol. The van der Waals surface area contributed by atoms with E-state index in [4.69, 9.17) is 5.73 Å². The fourth-order valence-corrected chi connectivity index (χ4v) is 0.586. The molecule has 0 aliphatic rings. The molecule has 0 aliphatic heterocycles. The third-order valence-electron chi connectivity index (χ3n) is 1.32. The average Bonchev–Trinajstić information content (AvgIpc) is 2.21. The molecule has 0 saturated carbocycles. The van der Waals surface area contributed by atoms with Crippen molar-refractivity contribution in [1.82, 2.24) is 10.4 Å². The molecule has 3 N–H and O–H groups in total. The number of urea groups is 1. The van der Waals surface area contributed by atoms with E-state index in [9.17, 15) is 9.59 Å². The van der Waals surface area contributed by atoms with E-state index < -0.39 is 12.0 Å². The Morgan fingerprint density at radius 1 is 1.60 bits per heavy atom. The van der Waals surface area contributed by atoms with Crippen molar-refractivity contribution in [2.75, 3.05) is 13.1 Å². The number of nitrogens with one attached hydrogen (secondary N) is 1. The molecule has 0 saturated heterocycles. The quantitative estimate of drug-likeness (QED) is 0.513. The van der Waals surface area contributed by atoms with Crippen molar-refractivity contribution in [2.24, 2.45) is 5.73 Å². The number of hydrogen-bond donors (Lipinski definition) is 2. The molecule has 0 aromatic carbocycles. The van der Waals surface area contributed by atoms with Crippen molar-refractivity contribution in [1.29, 1.82) is 0 Å². The maximum atomic E-state index is 11.3. The summed E-state index contributed by atoms with van der Waals surface area (Å²) in [6, 6.07) is -0.606. The van der Waals surface area contributed by atoms with E-state index in [-0.39, 0.29) is 12.1 Å². The smallest absolute Gasteiger partial charge is 0.334 e. The minimum Gasteiger partial charge on any atom is -0.334 e. The Morgan fingerprint density at radius 2 is 2.20 bits per heavy atom.